The number of carbonyl (C=O) groups is 12. The minimum atomic E-state index is -1.78. The lowest BCUT2D eigenvalue weighted by atomic mass is 10.00. The molecule has 92 heavy (non-hydrogen) atoms. The van der Waals surface area contributed by atoms with Crippen molar-refractivity contribution in [1.29, 1.82) is 0 Å². The SMILES string of the molecule is CCCCCCCC(=O)N[C@@H](CCN)C(=O)N[C@H](C(=O)N[C@@H](CCN)C(=O)N[C@H]1CCNC(=O)[C@H]([C@@H](C)O)NC(=O)[C@H](CCNC(=O)C(N)CCCN)NC(=O)[C@H](CCN)NC(=O)[C@H](CC(C)C)NC(=O)[C@@H](Cc2ccccc2)NC(=O)[C@H](CCN)NC1=O)[C@@H](C)O. The van der Waals surface area contributed by atoms with Crippen LogP contribution in [0, 0.1) is 5.92 Å². The largest absolute Gasteiger partial charge is 0.391 e. The van der Waals surface area contributed by atoms with E-state index in [2.05, 4.69) is 70.7 Å². The van der Waals surface area contributed by atoms with Gasteiger partial charge in [-0.2, -0.15) is 0 Å². The van der Waals surface area contributed by atoms with Gasteiger partial charge < -0.3 is 108 Å². The lowest BCUT2D eigenvalue weighted by Gasteiger charge is -2.29. The van der Waals surface area contributed by atoms with Crippen LogP contribution in [0.25, 0.3) is 0 Å². The highest BCUT2D eigenvalue weighted by Gasteiger charge is 2.38. The second-order valence-corrected chi connectivity index (χ2v) is 23.5. The number of carbonyl (C=O) groups excluding carboxylic acids is 12. The number of aliphatic hydroxyl groups excluding tert-OH is 2. The van der Waals surface area contributed by atoms with Crippen LogP contribution < -0.4 is 98.2 Å². The minimum absolute atomic E-state index is 0.00388. The Balaban J connectivity index is 2.76. The highest BCUT2D eigenvalue weighted by molar-refractivity contribution is 5.99. The molecule has 1 unspecified atom stereocenters. The van der Waals surface area contributed by atoms with Crippen molar-refractivity contribution in [2.75, 3.05) is 45.8 Å². The van der Waals surface area contributed by atoms with E-state index in [1.165, 1.54) is 13.8 Å². The lowest BCUT2D eigenvalue weighted by Crippen LogP contribution is -2.62. The van der Waals surface area contributed by atoms with Gasteiger partial charge >= 0.3 is 0 Å². The van der Waals surface area contributed by atoms with Gasteiger partial charge in [0.2, 0.25) is 70.9 Å². The highest BCUT2D eigenvalue weighted by Crippen LogP contribution is 2.12. The maximum absolute atomic E-state index is 14.6. The average molecular weight is 1300 g/mol. The summed E-state index contributed by atoms with van der Waals surface area (Å²) in [7, 11) is 0. The van der Waals surface area contributed by atoms with Crippen LogP contribution in [0.4, 0.5) is 0 Å². The molecule has 0 saturated carbocycles. The molecule has 32 nitrogen and oxygen atoms in total. The maximum atomic E-state index is 14.6. The van der Waals surface area contributed by atoms with Crippen molar-refractivity contribution in [2.45, 2.75) is 216 Å². The number of nitrogens with one attached hydrogen (secondary N) is 12. The van der Waals surface area contributed by atoms with Crippen LogP contribution in [0.1, 0.15) is 136 Å². The Morgan fingerprint density at radius 1 is 0.554 bits per heavy atom. The van der Waals surface area contributed by atoms with Gasteiger partial charge in [-0.1, -0.05) is 76.8 Å². The maximum Gasteiger partial charge on any atom is 0.245 e. The molecule has 520 valence electrons. The number of hydrogen-bond acceptors (Lipinski definition) is 20. The van der Waals surface area contributed by atoms with Gasteiger partial charge in [-0.3, -0.25) is 57.5 Å². The second kappa shape index (κ2) is 44.1. The number of unbranched alkanes of at least 4 members (excludes halogenated alkanes) is 4. The Bertz CT molecular complexity index is 2510. The van der Waals surface area contributed by atoms with E-state index in [1.807, 2.05) is 0 Å². The fourth-order valence-corrected chi connectivity index (χ4v) is 9.80. The summed E-state index contributed by atoms with van der Waals surface area (Å²) in [4.78, 5) is 168. The van der Waals surface area contributed by atoms with Crippen LogP contribution in [-0.2, 0) is 64.0 Å². The molecule has 0 aliphatic carbocycles. The molecule has 32 heteroatoms. The first kappa shape index (κ1) is 80.6. The van der Waals surface area contributed by atoms with E-state index in [0.717, 1.165) is 25.7 Å². The number of aliphatic hydroxyl groups is 2. The summed E-state index contributed by atoms with van der Waals surface area (Å²) in [5, 5.41) is 52.5. The molecule has 1 aliphatic rings. The van der Waals surface area contributed by atoms with E-state index < -0.39 is 163 Å². The Morgan fingerprint density at radius 2 is 1.09 bits per heavy atom. The quantitative estimate of drug-likeness (QED) is 0.0286. The van der Waals surface area contributed by atoms with Gasteiger partial charge in [0.1, 0.15) is 60.4 Å². The van der Waals surface area contributed by atoms with Crippen molar-refractivity contribution in [3.05, 3.63) is 35.9 Å². The topological polar surface area (TPSA) is 546 Å². The average Bonchev–Trinajstić information content (AvgIpc) is 1.06. The lowest BCUT2D eigenvalue weighted by molar-refractivity contribution is -0.137. The Hall–Kier alpha value is -7.46. The fourth-order valence-electron chi connectivity index (χ4n) is 9.80. The van der Waals surface area contributed by atoms with Gasteiger partial charge in [-0.25, -0.2) is 0 Å². The fraction of sp³-hybridized carbons (Fsp3) is 0.700. The summed E-state index contributed by atoms with van der Waals surface area (Å²) in [6, 6.07) is -7.83. The minimum Gasteiger partial charge on any atom is -0.391 e. The summed E-state index contributed by atoms with van der Waals surface area (Å²) in [5.41, 5.74) is 35.8. The van der Waals surface area contributed by atoms with Crippen molar-refractivity contribution in [1.82, 2.24) is 63.8 Å². The molecule has 12 amide bonds. The monoisotopic (exact) mass is 1300 g/mol. The number of rotatable bonds is 34. The van der Waals surface area contributed by atoms with Gasteiger partial charge in [0.25, 0.3) is 0 Å². The van der Waals surface area contributed by atoms with E-state index in [4.69, 9.17) is 34.4 Å². The smallest absolute Gasteiger partial charge is 0.245 e. The zero-order chi connectivity index (χ0) is 68.9. The van der Waals surface area contributed by atoms with E-state index in [9.17, 15) is 67.7 Å². The molecule has 1 fully saturated rings. The van der Waals surface area contributed by atoms with Gasteiger partial charge in [-0.05, 0) is 122 Å². The first-order valence-electron chi connectivity index (χ1n) is 32.0. The molecule has 0 bridgehead atoms. The molecule has 0 spiro atoms. The third-order valence-electron chi connectivity index (χ3n) is 15.0. The van der Waals surface area contributed by atoms with E-state index >= 15 is 0 Å². The van der Waals surface area contributed by atoms with Crippen molar-refractivity contribution in [3.8, 4) is 0 Å². The van der Waals surface area contributed by atoms with Crippen LogP contribution in [0.2, 0.25) is 0 Å². The predicted octanol–water partition coefficient (Wildman–Crippen LogP) is -6.27. The molecule has 1 saturated heterocycles. The number of nitrogens with two attached hydrogens (primary N) is 6. The zero-order valence-corrected chi connectivity index (χ0v) is 54.0. The van der Waals surface area contributed by atoms with Crippen molar-refractivity contribution >= 4 is 70.9 Å². The summed E-state index contributed by atoms with van der Waals surface area (Å²) in [5.74, 6) is -11.0. The van der Waals surface area contributed by atoms with E-state index in [1.54, 1.807) is 44.2 Å². The molecule has 0 radical (unpaired) electrons. The van der Waals surface area contributed by atoms with Crippen LogP contribution in [-0.4, -0.2) is 206 Å². The summed E-state index contributed by atoms with van der Waals surface area (Å²) >= 11 is 0. The summed E-state index contributed by atoms with van der Waals surface area (Å²) in [6.07, 6.45) is 0.151. The number of hydrogen-bond donors (Lipinski definition) is 20. The summed E-state index contributed by atoms with van der Waals surface area (Å²) in [6.45, 7) is 6.79. The highest BCUT2D eigenvalue weighted by atomic mass is 16.3. The number of amides is 12. The van der Waals surface area contributed by atoms with Gasteiger partial charge in [-0.15, -0.1) is 0 Å². The van der Waals surface area contributed by atoms with Gasteiger partial charge in [0.15, 0.2) is 0 Å². The van der Waals surface area contributed by atoms with Crippen molar-refractivity contribution in [2.24, 2.45) is 40.3 Å². The standard InChI is InChI=1S/C60H106N18O14/c1-6-7-8-9-13-18-47(81)69-39(19-26-62)55(87)78-49(36(5)80)60(92)74-42(22-29-65)52(84)72-43-24-31-68-59(91)48(35(4)79)77-56(88)44(23-30-67-50(82)38(66)17-14-25-61)73-51(83)40(20-27-63)71-57(89)45(32-34(2)3)75-58(90)46(33-37-15-11-10-12-16-37)76-53(85)41(21-28-64)70-54(43)86/h10-12,15-16,34-36,38-46,48-49,79-80H,6-9,13-14,17-33,61-66H2,1-5H3,(H,67,82)(H,68,91)(H,69,81)(H,70,86)(H,71,89)(H,72,84)(H,73,83)(H,74,92)(H,75,90)(H,76,85)(H,77,88)(H,78,87)/t35-,36-,38?,39+,40+,41+,42+,43+,44+,45+,46-,48+,49+/m1/s1. The molecular weight excluding hydrogens is 1200 g/mol. The third-order valence-corrected chi connectivity index (χ3v) is 15.0. The van der Waals surface area contributed by atoms with E-state index in [-0.39, 0.29) is 103 Å². The van der Waals surface area contributed by atoms with Crippen LogP contribution in [0.15, 0.2) is 30.3 Å². The predicted molar refractivity (Wildman–Crippen MR) is 342 cm³/mol. The zero-order valence-electron chi connectivity index (χ0n) is 54.0. The van der Waals surface area contributed by atoms with Crippen molar-refractivity contribution in [3.63, 3.8) is 0 Å². The molecule has 1 aromatic carbocycles. The molecular formula is C60H106N18O14. The summed E-state index contributed by atoms with van der Waals surface area (Å²) < 4.78 is 0. The van der Waals surface area contributed by atoms with Gasteiger partial charge in [0, 0.05) is 25.9 Å². The second-order valence-electron chi connectivity index (χ2n) is 23.5. The third kappa shape index (κ3) is 29.9. The van der Waals surface area contributed by atoms with Crippen molar-refractivity contribution < 1.29 is 67.7 Å². The van der Waals surface area contributed by atoms with Crippen LogP contribution >= 0.6 is 0 Å². The van der Waals surface area contributed by atoms with Gasteiger partial charge in [0.05, 0.1) is 18.2 Å². The Labute approximate surface area is 538 Å². The first-order valence-corrected chi connectivity index (χ1v) is 32.0. The Morgan fingerprint density at radius 3 is 1.64 bits per heavy atom. The molecule has 1 heterocycles. The molecule has 2 rings (SSSR count). The normalized spacial score (nSPS) is 22.0. The molecule has 0 aromatic heterocycles. The molecule has 1 aliphatic heterocycles. The molecule has 13 atom stereocenters. The van der Waals surface area contributed by atoms with Crippen LogP contribution in [0.3, 0.4) is 0 Å². The Kier molecular flexibility index (Phi) is 38.7. The van der Waals surface area contributed by atoms with Crippen LogP contribution in [0.5, 0.6) is 0 Å². The van der Waals surface area contributed by atoms with E-state index in [0.29, 0.717) is 18.4 Å². The first-order chi connectivity index (χ1) is 43.7. The molecule has 1 aromatic rings. The number of benzene rings is 1. The molecule has 26 N–H and O–H groups in total.